The summed E-state index contributed by atoms with van der Waals surface area (Å²) in [5.74, 6) is 1.76. The average Bonchev–Trinajstić information content (AvgIpc) is 3.39. The highest BCUT2D eigenvalue weighted by Crippen LogP contribution is 2.48. The summed E-state index contributed by atoms with van der Waals surface area (Å²) < 4.78 is 11.9. The Balaban J connectivity index is 1.53. The molecule has 142 valence electrons. The molecular formula is C22H19ClN2O2S. The van der Waals surface area contributed by atoms with Crippen molar-refractivity contribution in [2.24, 2.45) is 5.10 Å². The van der Waals surface area contributed by atoms with Crippen LogP contribution in [0.15, 0.2) is 65.1 Å². The lowest BCUT2D eigenvalue weighted by Gasteiger charge is -2.37. The van der Waals surface area contributed by atoms with Crippen molar-refractivity contribution in [3.63, 3.8) is 0 Å². The van der Waals surface area contributed by atoms with Crippen LogP contribution in [0.25, 0.3) is 0 Å². The van der Waals surface area contributed by atoms with E-state index >= 15 is 0 Å². The molecule has 1 aromatic heterocycles. The molecule has 0 fully saturated rings. The Kier molecular flexibility index (Phi) is 4.49. The molecule has 0 amide bonds. The van der Waals surface area contributed by atoms with Gasteiger partial charge in [-0.05, 0) is 66.4 Å². The first-order valence-electron chi connectivity index (χ1n) is 9.31. The largest absolute Gasteiger partial charge is 0.494 e. The van der Waals surface area contributed by atoms with Crippen LogP contribution in [0.3, 0.4) is 0 Å². The van der Waals surface area contributed by atoms with Crippen LogP contribution in [0.2, 0.25) is 5.02 Å². The number of ether oxygens (including phenoxy) is 2. The number of halogens is 1. The predicted octanol–water partition coefficient (Wildman–Crippen LogP) is 6.04. The molecule has 0 aliphatic carbocycles. The molecule has 0 radical (unpaired) electrons. The molecule has 4 nitrogen and oxygen atoms in total. The number of hydrogen-bond donors (Lipinski definition) is 0. The van der Waals surface area contributed by atoms with E-state index in [4.69, 9.17) is 26.2 Å². The molecule has 0 bridgehead atoms. The van der Waals surface area contributed by atoms with Gasteiger partial charge in [-0.15, -0.1) is 11.3 Å². The maximum Gasteiger partial charge on any atom is 0.222 e. The fourth-order valence-corrected chi connectivity index (χ4v) is 4.69. The summed E-state index contributed by atoms with van der Waals surface area (Å²) in [6.45, 7) is 2.65. The summed E-state index contributed by atoms with van der Waals surface area (Å²) in [5, 5.41) is 9.83. The maximum atomic E-state index is 6.33. The van der Waals surface area contributed by atoms with Gasteiger partial charge in [0, 0.05) is 17.0 Å². The molecule has 2 aliphatic heterocycles. The minimum Gasteiger partial charge on any atom is -0.494 e. The average molecular weight is 411 g/mol. The zero-order valence-electron chi connectivity index (χ0n) is 15.3. The van der Waals surface area contributed by atoms with Gasteiger partial charge in [-0.25, -0.2) is 5.01 Å². The lowest BCUT2D eigenvalue weighted by Crippen LogP contribution is -2.33. The zero-order chi connectivity index (χ0) is 19.1. The molecule has 0 saturated heterocycles. The maximum absolute atomic E-state index is 6.33. The highest BCUT2D eigenvalue weighted by molar-refractivity contribution is 7.10. The molecule has 3 heterocycles. The van der Waals surface area contributed by atoms with Gasteiger partial charge in [0.2, 0.25) is 6.23 Å². The highest BCUT2D eigenvalue weighted by Gasteiger charge is 2.41. The van der Waals surface area contributed by atoms with Gasteiger partial charge in [0.15, 0.2) is 0 Å². The number of benzene rings is 2. The lowest BCUT2D eigenvalue weighted by molar-refractivity contribution is -0.0165. The van der Waals surface area contributed by atoms with Crippen molar-refractivity contribution in [2.75, 3.05) is 6.61 Å². The van der Waals surface area contributed by atoms with Crippen molar-refractivity contribution in [1.82, 2.24) is 5.01 Å². The van der Waals surface area contributed by atoms with Gasteiger partial charge in [0.25, 0.3) is 0 Å². The monoisotopic (exact) mass is 410 g/mol. The van der Waals surface area contributed by atoms with E-state index in [1.807, 2.05) is 43.3 Å². The minimum absolute atomic E-state index is 0.108. The summed E-state index contributed by atoms with van der Waals surface area (Å²) in [7, 11) is 0. The van der Waals surface area contributed by atoms with Crippen molar-refractivity contribution in [2.45, 2.75) is 25.6 Å². The Hall–Kier alpha value is -2.50. The van der Waals surface area contributed by atoms with Gasteiger partial charge in [0.1, 0.15) is 11.5 Å². The Labute approximate surface area is 173 Å². The Morgan fingerprint density at radius 3 is 2.82 bits per heavy atom. The van der Waals surface area contributed by atoms with Gasteiger partial charge >= 0.3 is 0 Å². The van der Waals surface area contributed by atoms with Crippen molar-refractivity contribution < 1.29 is 9.47 Å². The summed E-state index contributed by atoms with van der Waals surface area (Å²) in [6, 6.07) is 18.2. The van der Waals surface area contributed by atoms with Crippen LogP contribution in [0.5, 0.6) is 11.5 Å². The predicted molar refractivity (Wildman–Crippen MR) is 112 cm³/mol. The van der Waals surface area contributed by atoms with Crippen LogP contribution >= 0.6 is 22.9 Å². The molecule has 2 aromatic carbocycles. The van der Waals surface area contributed by atoms with Gasteiger partial charge in [-0.3, -0.25) is 0 Å². The van der Waals surface area contributed by atoms with Gasteiger partial charge in [-0.1, -0.05) is 17.7 Å². The molecule has 2 aliphatic rings. The smallest absolute Gasteiger partial charge is 0.222 e. The fraction of sp³-hybridized carbons (Fsp3) is 0.227. The normalized spacial score (nSPS) is 20.2. The van der Waals surface area contributed by atoms with Gasteiger partial charge in [0.05, 0.1) is 23.2 Å². The summed E-state index contributed by atoms with van der Waals surface area (Å²) in [4.78, 5) is 1.14. The Bertz CT molecular complexity index is 1020. The van der Waals surface area contributed by atoms with Crippen LogP contribution in [0, 0.1) is 0 Å². The van der Waals surface area contributed by atoms with Gasteiger partial charge in [-0.2, -0.15) is 5.10 Å². The van der Waals surface area contributed by atoms with E-state index in [9.17, 15) is 0 Å². The fourth-order valence-electron chi connectivity index (χ4n) is 3.76. The molecule has 0 saturated carbocycles. The Morgan fingerprint density at radius 1 is 1.21 bits per heavy atom. The molecule has 3 aromatic rings. The van der Waals surface area contributed by atoms with Crippen molar-refractivity contribution >= 4 is 28.6 Å². The van der Waals surface area contributed by atoms with Crippen LogP contribution in [0.1, 0.15) is 41.6 Å². The van der Waals surface area contributed by atoms with E-state index in [2.05, 4.69) is 28.6 Å². The highest BCUT2D eigenvalue weighted by atomic mass is 35.5. The third-order valence-corrected chi connectivity index (χ3v) is 6.18. The minimum atomic E-state index is -0.223. The molecule has 0 N–H and O–H groups in total. The summed E-state index contributed by atoms with van der Waals surface area (Å²) >= 11 is 7.96. The van der Waals surface area contributed by atoms with E-state index in [1.54, 1.807) is 11.3 Å². The van der Waals surface area contributed by atoms with E-state index < -0.39 is 0 Å². The zero-order valence-corrected chi connectivity index (χ0v) is 16.9. The first kappa shape index (κ1) is 17.6. The number of hydrazone groups is 1. The molecule has 0 spiro atoms. The summed E-state index contributed by atoms with van der Waals surface area (Å²) in [6.07, 6.45) is 0.589. The van der Waals surface area contributed by atoms with E-state index in [1.165, 1.54) is 0 Å². The quantitative estimate of drug-likeness (QED) is 0.525. The molecule has 28 heavy (non-hydrogen) atoms. The van der Waals surface area contributed by atoms with Crippen molar-refractivity contribution in [1.29, 1.82) is 0 Å². The number of nitrogens with zero attached hydrogens (tertiary/aromatic N) is 2. The number of hydrogen-bond acceptors (Lipinski definition) is 5. The van der Waals surface area contributed by atoms with Crippen molar-refractivity contribution in [3.8, 4) is 11.5 Å². The van der Waals surface area contributed by atoms with Crippen LogP contribution in [0.4, 0.5) is 0 Å². The standard InChI is InChI=1S/C22H19ClN2O2S/c1-2-26-16-8-5-14(6-9-16)18-13-19-17-12-15(23)7-10-20(17)27-22(25(19)24-18)21-4-3-11-28-21/h3-12,19,22H,2,13H2,1H3. The second-order valence-electron chi connectivity index (χ2n) is 6.77. The Morgan fingerprint density at radius 2 is 2.07 bits per heavy atom. The number of fused-ring (bicyclic) bond motifs is 3. The molecule has 6 heteroatoms. The first-order valence-corrected chi connectivity index (χ1v) is 10.6. The lowest BCUT2D eigenvalue weighted by atomic mass is 9.96. The van der Waals surface area contributed by atoms with Crippen LogP contribution in [-0.4, -0.2) is 17.3 Å². The van der Waals surface area contributed by atoms with E-state index in [0.29, 0.717) is 11.6 Å². The van der Waals surface area contributed by atoms with Crippen LogP contribution in [-0.2, 0) is 0 Å². The molecule has 5 rings (SSSR count). The second kappa shape index (κ2) is 7.15. The second-order valence-corrected chi connectivity index (χ2v) is 8.19. The molecular weight excluding hydrogens is 392 g/mol. The SMILES string of the molecule is CCOc1ccc(C2=NN3C(C2)c2cc(Cl)ccc2OC3c2cccs2)cc1. The topological polar surface area (TPSA) is 34.1 Å². The van der Waals surface area contributed by atoms with E-state index in [0.717, 1.165) is 39.6 Å². The first-order chi connectivity index (χ1) is 13.7. The summed E-state index contributed by atoms with van der Waals surface area (Å²) in [5.41, 5.74) is 3.24. The number of thiophene rings is 1. The third-order valence-electron chi connectivity index (χ3n) is 5.04. The third kappa shape index (κ3) is 3.05. The molecule has 2 unspecified atom stereocenters. The van der Waals surface area contributed by atoms with E-state index in [-0.39, 0.29) is 12.3 Å². The van der Waals surface area contributed by atoms with Crippen LogP contribution < -0.4 is 9.47 Å². The molecule has 2 atom stereocenters. The van der Waals surface area contributed by atoms with Gasteiger partial charge < -0.3 is 9.47 Å². The van der Waals surface area contributed by atoms with Crippen molar-refractivity contribution in [3.05, 3.63) is 81.0 Å². The number of rotatable bonds is 4.